The summed E-state index contributed by atoms with van der Waals surface area (Å²) in [7, 11) is 0. The highest BCUT2D eigenvalue weighted by Gasteiger charge is 2.14. The lowest BCUT2D eigenvalue weighted by molar-refractivity contribution is 0.0951. The van der Waals surface area contributed by atoms with E-state index in [-0.39, 0.29) is 17.1 Å². The Hall–Kier alpha value is -0.360. The fourth-order valence-corrected chi connectivity index (χ4v) is 1.99. The smallest absolute Gasteiger partial charge is 0.252 e. The topological polar surface area (TPSA) is 29.1 Å². The first-order valence-electron chi connectivity index (χ1n) is 5.29. The van der Waals surface area contributed by atoms with Crippen molar-refractivity contribution in [1.82, 2.24) is 5.32 Å². The summed E-state index contributed by atoms with van der Waals surface area (Å²) in [5.74, 6) is -0.270. The quantitative estimate of drug-likeness (QED) is 0.639. The fourth-order valence-electron chi connectivity index (χ4n) is 1.19. The molecule has 17 heavy (non-hydrogen) atoms. The Bertz CT molecular complexity index is 411. The number of rotatable bonds is 4. The van der Waals surface area contributed by atoms with E-state index in [0.717, 1.165) is 0 Å². The Balaban J connectivity index is 2.64. The third-order valence-corrected chi connectivity index (χ3v) is 3.91. The average molecular weight is 370 g/mol. The number of hydrogen-bond acceptors (Lipinski definition) is 1. The number of carbonyl (C=O) groups excluding carboxylic acids is 1. The van der Waals surface area contributed by atoms with Crippen molar-refractivity contribution >= 4 is 40.1 Å². The van der Waals surface area contributed by atoms with Gasteiger partial charge in [-0.25, -0.2) is 4.39 Å². The molecule has 0 heterocycles. The van der Waals surface area contributed by atoms with Crippen LogP contribution < -0.4 is 5.32 Å². The van der Waals surface area contributed by atoms with E-state index in [4.69, 9.17) is 11.6 Å². The average Bonchev–Trinajstić information content (AvgIpc) is 2.25. The zero-order valence-electron chi connectivity index (χ0n) is 9.64. The van der Waals surface area contributed by atoms with Crippen molar-refractivity contribution in [3.05, 3.63) is 33.1 Å². The highest BCUT2D eigenvalue weighted by molar-refractivity contribution is 14.1. The summed E-state index contributed by atoms with van der Waals surface area (Å²) >= 11 is 7.97. The van der Waals surface area contributed by atoms with E-state index in [1.165, 1.54) is 18.2 Å². The van der Waals surface area contributed by atoms with Crippen LogP contribution in [0.15, 0.2) is 18.2 Å². The van der Waals surface area contributed by atoms with Crippen LogP contribution in [0.3, 0.4) is 0 Å². The van der Waals surface area contributed by atoms with Gasteiger partial charge in [0.05, 0.1) is 10.9 Å². The molecule has 0 aromatic heterocycles. The molecule has 0 aliphatic carbocycles. The third-order valence-electron chi connectivity index (χ3n) is 2.36. The predicted molar refractivity (Wildman–Crippen MR) is 75.9 cm³/mol. The molecule has 94 valence electrons. The fraction of sp³-hybridized carbons (Fsp3) is 0.417. The van der Waals surface area contributed by atoms with Gasteiger partial charge in [0.25, 0.3) is 5.91 Å². The largest absolute Gasteiger partial charge is 0.351 e. The molecule has 1 unspecified atom stereocenters. The van der Waals surface area contributed by atoms with Gasteiger partial charge >= 0.3 is 0 Å². The lowest BCUT2D eigenvalue weighted by atomic mass is 10.1. The van der Waals surface area contributed by atoms with Crippen LogP contribution in [0.5, 0.6) is 0 Å². The molecule has 0 saturated carbocycles. The van der Waals surface area contributed by atoms with Crippen molar-refractivity contribution in [3.63, 3.8) is 0 Å². The van der Waals surface area contributed by atoms with Crippen molar-refractivity contribution in [1.29, 1.82) is 0 Å². The molecular weight excluding hydrogens is 355 g/mol. The lowest BCUT2D eigenvalue weighted by Crippen LogP contribution is -2.32. The monoisotopic (exact) mass is 369 g/mol. The maximum Gasteiger partial charge on any atom is 0.252 e. The van der Waals surface area contributed by atoms with Crippen LogP contribution in [0.1, 0.15) is 24.2 Å². The van der Waals surface area contributed by atoms with Gasteiger partial charge in [0.15, 0.2) is 0 Å². The minimum absolute atomic E-state index is 0.0999. The molecule has 1 amide bonds. The number of halogens is 3. The molecule has 1 atom stereocenters. The number of carbonyl (C=O) groups is 1. The summed E-state index contributed by atoms with van der Waals surface area (Å²) in [6, 6.07) is 4.08. The number of amides is 1. The van der Waals surface area contributed by atoms with Crippen LogP contribution in [0.25, 0.3) is 0 Å². The summed E-state index contributed by atoms with van der Waals surface area (Å²) in [6.07, 6.45) is 0. The zero-order chi connectivity index (χ0) is 13.0. The van der Waals surface area contributed by atoms with E-state index < -0.39 is 0 Å². The summed E-state index contributed by atoms with van der Waals surface area (Å²) in [5.41, 5.74) is 0.472. The van der Waals surface area contributed by atoms with Crippen LogP contribution in [-0.4, -0.2) is 17.8 Å². The van der Waals surface area contributed by atoms with Gasteiger partial charge in [0.1, 0.15) is 5.82 Å². The highest BCUT2D eigenvalue weighted by atomic mass is 127. The van der Waals surface area contributed by atoms with Crippen LogP contribution in [-0.2, 0) is 0 Å². The Morgan fingerprint density at radius 1 is 1.53 bits per heavy atom. The molecule has 0 radical (unpaired) electrons. The van der Waals surface area contributed by atoms with Gasteiger partial charge in [-0.1, -0.05) is 13.8 Å². The van der Waals surface area contributed by atoms with Crippen LogP contribution in [0.4, 0.5) is 4.39 Å². The Morgan fingerprint density at radius 2 is 2.18 bits per heavy atom. The van der Waals surface area contributed by atoms with Gasteiger partial charge in [-0.05, 0) is 46.7 Å². The number of nitrogens with one attached hydrogen (secondary N) is 1. The SMILES string of the molecule is CC(C)C(Cl)CNC(=O)c1ccc(F)cc1I. The van der Waals surface area contributed by atoms with Gasteiger partial charge in [0.2, 0.25) is 0 Å². The number of benzene rings is 1. The second-order valence-electron chi connectivity index (χ2n) is 4.09. The van der Waals surface area contributed by atoms with Gasteiger partial charge in [-0.2, -0.15) is 0 Å². The van der Waals surface area contributed by atoms with E-state index in [1.807, 2.05) is 36.4 Å². The molecular formula is C12H14ClFINO. The summed E-state index contributed by atoms with van der Waals surface area (Å²) in [4.78, 5) is 11.8. The van der Waals surface area contributed by atoms with E-state index >= 15 is 0 Å². The van der Waals surface area contributed by atoms with Crippen molar-refractivity contribution < 1.29 is 9.18 Å². The first-order chi connectivity index (χ1) is 7.91. The maximum atomic E-state index is 12.9. The predicted octanol–water partition coefficient (Wildman–Crippen LogP) is 3.42. The summed E-state index contributed by atoms with van der Waals surface area (Å²) < 4.78 is 13.5. The second-order valence-corrected chi connectivity index (χ2v) is 5.82. The maximum absolute atomic E-state index is 12.9. The Kier molecular flexibility index (Phi) is 5.66. The molecule has 0 aliphatic heterocycles. The van der Waals surface area contributed by atoms with Crippen molar-refractivity contribution in [2.45, 2.75) is 19.2 Å². The van der Waals surface area contributed by atoms with Crippen molar-refractivity contribution in [3.8, 4) is 0 Å². The number of alkyl halides is 1. The Labute approximate surface area is 119 Å². The molecule has 0 fully saturated rings. The Morgan fingerprint density at radius 3 is 2.71 bits per heavy atom. The standard InChI is InChI=1S/C12H14ClFINO/c1-7(2)10(13)6-16-12(17)9-4-3-8(14)5-11(9)15/h3-5,7,10H,6H2,1-2H3,(H,16,17). The molecule has 0 spiro atoms. The molecule has 0 aliphatic rings. The third kappa shape index (κ3) is 4.43. The van der Waals surface area contributed by atoms with E-state index in [2.05, 4.69) is 5.32 Å². The first kappa shape index (κ1) is 14.7. The molecule has 1 aromatic rings. The van der Waals surface area contributed by atoms with Gasteiger partial charge in [-0.15, -0.1) is 11.6 Å². The molecule has 1 aromatic carbocycles. The molecule has 2 nitrogen and oxygen atoms in total. The van der Waals surface area contributed by atoms with Gasteiger partial charge in [-0.3, -0.25) is 4.79 Å². The van der Waals surface area contributed by atoms with Crippen LogP contribution in [0, 0.1) is 15.3 Å². The van der Waals surface area contributed by atoms with Crippen LogP contribution in [0.2, 0.25) is 0 Å². The molecule has 1 rings (SSSR count). The minimum atomic E-state index is -0.344. The van der Waals surface area contributed by atoms with E-state index in [9.17, 15) is 9.18 Å². The zero-order valence-corrected chi connectivity index (χ0v) is 12.5. The molecule has 0 saturated heterocycles. The first-order valence-corrected chi connectivity index (χ1v) is 6.80. The molecule has 1 N–H and O–H groups in total. The molecule has 5 heteroatoms. The molecule has 0 bridgehead atoms. The number of hydrogen-bond donors (Lipinski definition) is 1. The summed E-state index contributed by atoms with van der Waals surface area (Å²) in [6.45, 7) is 4.39. The van der Waals surface area contributed by atoms with Gasteiger partial charge in [0, 0.05) is 10.1 Å². The minimum Gasteiger partial charge on any atom is -0.351 e. The van der Waals surface area contributed by atoms with Crippen molar-refractivity contribution in [2.75, 3.05) is 6.54 Å². The summed E-state index contributed by atoms with van der Waals surface area (Å²) in [5, 5.41) is 2.64. The second kappa shape index (κ2) is 6.54. The van der Waals surface area contributed by atoms with E-state index in [1.54, 1.807) is 0 Å². The highest BCUT2D eigenvalue weighted by Crippen LogP contribution is 2.14. The normalized spacial score (nSPS) is 12.6. The van der Waals surface area contributed by atoms with Gasteiger partial charge < -0.3 is 5.32 Å². The van der Waals surface area contributed by atoms with E-state index in [0.29, 0.717) is 21.6 Å². The lowest BCUT2D eigenvalue weighted by Gasteiger charge is -2.14. The van der Waals surface area contributed by atoms with Crippen LogP contribution >= 0.6 is 34.2 Å². The van der Waals surface area contributed by atoms with Crippen molar-refractivity contribution in [2.24, 2.45) is 5.92 Å².